The van der Waals surface area contributed by atoms with Crippen LogP contribution in [0, 0.1) is 26.0 Å². The van der Waals surface area contributed by atoms with Gasteiger partial charge in [-0.3, -0.25) is 4.98 Å². The SMILES string of the molecule is Cc1cnc2nc(-c3[c-]cc(C)c4c3sc3cc(-c5ccccc5)ccc34)n(-c3ccccc3)c2c1.[Ir].[c-]1ccccc1-c1ccccn1. The average molecular weight is 827 g/mol. The van der Waals surface area contributed by atoms with Gasteiger partial charge in [-0.05, 0) is 69.7 Å². The molecule has 0 bridgehead atoms. The number of nitrogens with zero attached hydrogens (tertiary/aromatic N) is 4. The molecule has 0 saturated carbocycles. The quantitative estimate of drug-likeness (QED) is 0.166. The topological polar surface area (TPSA) is 43.6 Å². The Morgan fingerprint density at radius 3 is 2.24 bits per heavy atom. The molecule has 0 unspecified atom stereocenters. The molecule has 0 saturated heterocycles. The number of pyridine rings is 2. The molecule has 0 aliphatic heterocycles. The van der Waals surface area contributed by atoms with E-state index in [1.807, 2.05) is 66.1 Å². The van der Waals surface area contributed by atoms with Crippen LogP contribution in [0.1, 0.15) is 11.1 Å². The molecule has 4 aromatic heterocycles. The first-order valence-electron chi connectivity index (χ1n) is 15.9. The fraction of sp³-hybridized carbons (Fsp3) is 0.0465. The Balaban J connectivity index is 0.000000246. The van der Waals surface area contributed by atoms with Gasteiger partial charge < -0.3 is 9.55 Å². The van der Waals surface area contributed by atoms with E-state index in [9.17, 15) is 0 Å². The number of fused-ring (bicyclic) bond motifs is 4. The van der Waals surface area contributed by atoms with E-state index in [2.05, 4.69) is 125 Å². The number of imidazole rings is 1. The third-order valence-corrected chi connectivity index (χ3v) is 9.56. The first-order chi connectivity index (χ1) is 23.6. The first kappa shape index (κ1) is 32.3. The predicted molar refractivity (Wildman–Crippen MR) is 199 cm³/mol. The molecule has 4 nitrogen and oxygen atoms in total. The van der Waals surface area contributed by atoms with Crippen LogP contribution in [0.2, 0.25) is 0 Å². The molecule has 49 heavy (non-hydrogen) atoms. The number of thiophene rings is 1. The van der Waals surface area contributed by atoms with E-state index in [0.29, 0.717) is 0 Å². The number of aromatic nitrogens is 4. The molecular formula is C43H30IrN4S-2. The molecule has 0 spiro atoms. The Bertz CT molecular complexity index is 2470. The van der Waals surface area contributed by atoms with Gasteiger partial charge in [-0.25, -0.2) is 4.98 Å². The molecule has 6 heteroatoms. The summed E-state index contributed by atoms with van der Waals surface area (Å²) < 4.78 is 4.70. The third-order valence-electron chi connectivity index (χ3n) is 8.39. The number of rotatable bonds is 4. The van der Waals surface area contributed by atoms with Crippen molar-refractivity contribution in [3.63, 3.8) is 0 Å². The predicted octanol–water partition coefficient (Wildman–Crippen LogP) is 11.1. The van der Waals surface area contributed by atoms with E-state index in [-0.39, 0.29) is 20.1 Å². The zero-order valence-corrected chi connectivity index (χ0v) is 30.1. The van der Waals surface area contributed by atoms with Gasteiger partial charge in [0.25, 0.3) is 0 Å². The van der Waals surface area contributed by atoms with E-state index in [1.54, 1.807) is 6.20 Å². The molecule has 5 aromatic carbocycles. The zero-order valence-electron chi connectivity index (χ0n) is 26.9. The van der Waals surface area contributed by atoms with Crippen molar-refractivity contribution >= 4 is 42.7 Å². The number of hydrogen-bond donors (Lipinski definition) is 0. The van der Waals surface area contributed by atoms with Crippen molar-refractivity contribution in [3.8, 4) is 39.5 Å². The van der Waals surface area contributed by atoms with E-state index in [1.165, 1.54) is 36.9 Å². The fourth-order valence-corrected chi connectivity index (χ4v) is 7.41. The molecule has 0 fully saturated rings. The van der Waals surface area contributed by atoms with Crippen LogP contribution < -0.4 is 0 Å². The zero-order chi connectivity index (χ0) is 32.5. The summed E-state index contributed by atoms with van der Waals surface area (Å²) in [5, 5.41) is 2.55. The van der Waals surface area contributed by atoms with Crippen LogP contribution in [-0.2, 0) is 20.1 Å². The fourth-order valence-electron chi connectivity index (χ4n) is 6.10. The van der Waals surface area contributed by atoms with Crippen molar-refractivity contribution in [2.24, 2.45) is 0 Å². The number of hydrogen-bond acceptors (Lipinski definition) is 4. The van der Waals surface area contributed by atoms with Crippen molar-refractivity contribution in [1.82, 2.24) is 19.5 Å². The smallest absolute Gasteiger partial charge is 0.168 e. The molecule has 0 N–H and O–H groups in total. The number of benzene rings is 5. The van der Waals surface area contributed by atoms with Gasteiger partial charge in [0.15, 0.2) is 5.65 Å². The van der Waals surface area contributed by atoms with E-state index >= 15 is 0 Å². The van der Waals surface area contributed by atoms with Crippen molar-refractivity contribution in [2.75, 3.05) is 0 Å². The Morgan fingerprint density at radius 1 is 0.714 bits per heavy atom. The average Bonchev–Trinajstić information content (AvgIpc) is 3.72. The van der Waals surface area contributed by atoms with Crippen LogP contribution in [-0.4, -0.2) is 19.5 Å². The number of para-hydroxylation sites is 1. The normalized spacial score (nSPS) is 10.9. The molecule has 0 aliphatic rings. The van der Waals surface area contributed by atoms with Gasteiger partial charge >= 0.3 is 0 Å². The molecule has 0 aliphatic carbocycles. The maximum absolute atomic E-state index is 5.04. The van der Waals surface area contributed by atoms with E-state index in [0.717, 1.165) is 45.1 Å². The summed E-state index contributed by atoms with van der Waals surface area (Å²) in [5.41, 5.74) is 10.6. The summed E-state index contributed by atoms with van der Waals surface area (Å²) in [4.78, 5) is 13.9. The minimum Gasteiger partial charge on any atom is -0.332 e. The van der Waals surface area contributed by atoms with Crippen LogP contribution in [0.3, 0.4) is 0 Å². The van der Waals surface area contributed by atoms with Gasteiger partial charge in [-0.15, -0.1) is 53.6 Å². The molecule has 4 heterocycles. The van der Waals surface area contributed by atoms with Gasteiger partial charge in [0.2, 0.25) is 0 Å². The summed E-state index contributed by atoms with van der Waals surface area (Å²) in [6, 6.07) is 52.4. The second kappa shape index (κ2) is 14.1. The van der Waals surface area contributed by atoms with Crippen LogP contribution in [0.15, 0.2) is 146 Å². The summed E-state index contributed by atoms with van der Waals surface area (Å²) in [6.07, 6.45) is 3.67. The van der Waals surface area contributed by atoms with Crippen molar-refractivity contribution in [1.29, 1.82) is 0 Å². The molecule has 9 rings (SSSR count). The van der Waals surface area contributed by atoms with Crippen LogP contribution in [0.4, 0.5) is 0 Å². The van der Waals surface area contributed by atoms with Gasteiger partial charge in [-0.1, -0.05) is 90.7 Å². The van der Waals surface area contributed by atoms with Crippen molar-refractivity contribution in [2.45, 2.75) is 13.8 Å². The summed E-state index contributed by atoms with van der Waals surface area (Å²) in [7, 11) is 0. The standard InChI is InChI=1S/C32H22N3S.C11H8N.Ir/c1-20-17-27-31(33-19-20)34-32(35(27)24-11-7-4-8-12-24)26-15-13-21(2)29-25-16-14-23(18-28(25)36-30(26)29)22-9-5-3-6-10-22;1-2-6-10(7-3-1)11-8-4-5-9-12-11;/h3-14,16-19H,1-2H3;1-6,8-9H;/q2*-1;. The molecule has 0 atom stereocenters. The van der Waals surface area contributed by atoms with Crippen LogP contribution in [0.5, 0.6) is 0 Å². The minimum atomic E-state index is 0. The summed E-state index contributed by atoms with van der Waals surface area (Å²) in [6.45, 7) is 4.24. The third kappa shape index (κ3) is 6.34. The molecule has 0 amide bonds. The molecule has 9 aromatic rings. The van der Waals surface area contributed by atoms with E-state index < -0.39 is 0 Å². The van der Waals surface area contributed by atoms with Gasteiger partial charge in [0, 0.05) is 42.9 Å². The van der Waals surface area contributed by atoms with Gasteiger partial charge in [-0.2, -0.15) is 11.3 Å². The Morgan fingerprint density at radius 2 is 1.49 bits per heavy atom. The Kier molecular flexibility index (Phi) is 9.27. The Labute approximate surface area is 303 Å². The monoisotopic (exact) mass is 827 g/mol. The van der Waals surface area contributed by atoms with Gasteiger partial charge in [0.1, 0.15) is 0 Å². The molecule has 1 radical (unpaired) electrons. The number of aryl methyl sites for hydroxylation is 2. The van der Waals surface area contributed by atoms with Gasteiger partial charge in [0.05, 0.1) is 11.3 Å². The van der Waals surface area contributed by atoms with Crippen LogP contribution >= 0.6 is 11.3 Å². The van der Waals surface area contributed by atoms with Crippen LogP contribution in [0.25, 0.3) is 70.8 Å². The Hall–Kier alpha value is -5.26. The first-order valence-corrected chi connectivity index (χ1v) is 16.7. The maximum atomic E-state index is 5.04. The molecule has 239 valence electrons. The maximum Gasteiger partial charge on any atom is 0.168 e. The molecular weight excluding hydrogens is 797 g/mol. The van der Waals surface area contributed by atoms with E-state index in [4.69, 9.17) is 4.98 Å². The minimum absolute atomic E-state index is 0. The summed E-state index contributed by atoms with van der Waals surface area (Å²) >= 11 is 1.82. The van der Waals surface area contributed by atoms with Crippen molar-refractivity contribution < 1.29 is 20.1 Å². The second-order valence-electron chi connectivity index (χ2n) is 11.7. The second-order valence-corrected chi connectivity index (χ2v) is 12.7. The largest absolute Gasteiger partial charge is 0.332 e. The summed E-state index contributed by atoms with van der Waals surface area (Å²) in [5.74, 6) is 0.870. The van der Waals surface area contributed by atoms with Crippen molar-refractivity contribution in [3.05, 3.63) is 169 Å².